The van der Waals surface area contributed by atoms with Crippen LogP contribution in [-0.4, -0.2) is 31.4 Å². The molecule has 0 fully saturated rings. The number of hydrogen-bond acceptors (Lipinski definition) is 3. The van der Waals surface area contributed by atoms with Gasteiger partial charge in [-0.1, -0.05) is 61.3 Å². The summed E-state index contributed by atoms with van der Waals surface area (Å²) in [4.78, 5) is 24.6. The SMILES string of the molecule is C=CC/C(=C\C)COCCNC(=O)[C@@H](CC(C)=O)CC(=C/C)/C=C(/C=C)C(=C)C/C=C\C. The number of nitrogens with one attached hydrogen (secondary N) is 1. The molecule has 0 radical (unpaired) electrons. The summed E-state index contributed by atoms with van der Waals surface area (Å²) in [5.74, 6) is -0.581. The van der Waals surface area contributed by atoms with E-state index in [1.807, 2.05) is 57.2 Å². The van der Waals surface area contributed by atoms with Crippen molar-refractivity contribution in [2.75, 3.05) is 19.8 Å². The maximum atomic E-state index is 12.8. The van der Waals surface area contributed by atoms with Crippen LogP contribution in [0.5, 0.6) is 0 Å². The lowest BCUT2D eigenvalue weighted by molar-refractivity contribution is -0.129. The third-order valence-corrected chi connectivity index (χ3v) is 4.97. The summed E-state index contributed by atoms with van der Waals surface area (Å²) >= 11 is 0. The van der Waals surface area contributed by atoms with Crippen LogP contribution in [0.4, 0.5) is 0 Å². The zero-order valence-corrected chi connectivity index (χ0v) is 20.4. The molecule has 4 heteroatoms. The van der Waals surface area contributed by atoms with Gasteiger partial charge in [0.15, 0.2) is 0 Å². The van der Waals surface area contributed by atoms with Crippen LogP contribution >= 0.6 is 0 Å². The van der Waals surface area contributed by atoms with Gasteiger partial charge in [0, 0.05) is 18.9 Å². The van der Waals surface area contributed by atoms with E-state index < -0.39 is 5.92 Å². The minimum atomic E-state index is -0.434. The molecule has 0 bridgehead atoms. The van der Waals surface area contributed by atoms with Crippen LogP contribution in [-0.2, 0) is 14.3 Å². The standard InChI is InChI=1S/C28H41NO3/c1-8-13-15-22(6)26(12-5)19-25(11-4)20-27(18-23(7)30)28(31)29-16-17-32-21-24(10-3)14-9-2/h8-13,19,27H,2,5-6,14-18,20-21H2,1,3-4,7H3,(H,29,31)/b13-8-,24-10+,25-11+,26-19-/t27-/m0/s1. The van der Waals surface area contributed by atoms with E-state index in [1.54, 1.807) is 6.08 Å². The van der Waals surface area contributed by atoms with Gasteiger partial charge in [0.1, 0.15) is 5.78 Å². The first kappa shape index (κ1) is 29.3. The predicted octanol–water partition coefficient (Wildman–Crippen LogP) is 6.21. The van der Waals surface area contributed by atoms with Crippen molar-refractivity contribution in [3.05, 3.63) is 84.6 Å². The topological polar surface area (TPSA) is 55.4 Å². The highest BCUT2D eigenvalue weighted by Gasteiger charge is 2.21. The Morgan fingerprint density at radius 2 is 1.78 bits per heavy atom. The molecule has 0 aliphatic heterocycles. The maximum absolute atomic E-state index is 12.8. The van der Waals surface area contributed by atoms with Gasteiger partial charge in [0.25, 0.3) is 0 Å². The van der Waals surface area contributed by atoms with Crippen molar-refractivity contribution in [2.24, 2.45) is 5.92 Å². The molecule has 1 N–H and O–H groups in total. The zero-order chi connectivity index (χ0) is 24.4. The number of ether oxygens (including phenoxy) is 1. The smallest absolute Gasteiger partial charge is 0.223 e. The minimum absolute atomic E-state index is 0.00980. The number of carbonyl (C=O) groups excluding carboxylic acids is 2. The summed E-state index contributed by atoms with van der Waals surface area (Å²) in [7, 11) is 0. The fourth-order valence-electron chi connectivity index (χ4n) is 3.07. The summed E-state index contributed by atoms with van der Waals surface area (Å²) in [6.45, 7) is 20.5. The second-order valence-electron chi connectivity index (χ2n) is 7.63. The molecular formula is C28H41NO3. The Kier molecular flexibility index (Phi) is 16.4. The zero-order valence-electron chi connectivity index (χ0n) is 20.4. The highest BCUT2D eigenvalue weighted by Crippen LogP contribution is 2.22. The number of allylic oxidation sites excluding steroid dienone is 10. The fourth-order valence-corrected chi connectivity index (χ4v) is 3.07. The lowest BCUT2D eigenvalue weighted by Gasteiger charge is -2.17. The lowest BCUT2D eigenvalue weighted by Crippen LogP contribution is -2.34. The van der Waals surface area contributed by atoms with Crippen LogP contribution in [0.3, 0.4) is 0 Å². The number of amides is 1. The summed E-state index contributed by atoms with van der Waals surface area (Å²) in [5.41, 5.74) is 4.02. The maximum Gasteiger partial charge on any atom is 0.223 e. The first-order chi connectivity index (χ1) is 15.3. The number of Topliss-reactive ketones (excluding diaryl/α,β-unsaturated/α-hetero) is 1. The van der Waals surface area contributed by atoms with E-state index in [4.69, 9.17) is 4.74 Å². The third kappa shape index (κ3) is 12.9. The predicted molar refractivity (Wildman–Crippen MR) is 136 cm³/mol. The van der Waals surface area contributed by atoms with E-state index in [0.717, 1.165) is 35.1 Å². The molecule has 0 aromatic heterocycles. The van der Waals surface area contributed by atoms with Crippen LogP contribution in [0.15, 0.2) is 84.6 Å². The van der Waals surface area contributed by atoms with E-state index >= 15 is 0 Å². The van der Waals surface area contributed by atoms with Crippen molar-refractivity contribution in [1.29, 1.82) is 0 Å². The van der Waals surface area contributed by atoms with Gasteiger partial charge in [-0.3, -0.25) is 4.79 Å². The van der Waals surface area contributed by atoms with Gasteiger partial charge < -0.3 is 14.8 Å². The van der Waals surface area contributed by atoms with Crippen molar-refractivity contribution >= 4 is 11.7 Å². The first-order valence-corrected chi connectivity index (χ1v) is 11.2. The molecule has 0 aromatic rings. The highest BCUT2D eigenvalue weighted by atomic mass is 16.5. The van der Waals surface area contributed by atoms with Crippen molar-refractivity contribution in [2.45, 2.75) is 53.4 Å². The quantitative estimate of drug-likeness (QED) is 0.167. The van der Waals surface area contributed by atoms with Crippen molar-refractivity contribution in [3.63, 3.8) is 0 Å². The van der Waals surface area contributed by atoms with E-state index in [2.05, 4.69) is 25.1 Å². The number of hydrogen-bond donors (Lipinski definition) is 1. The second kappa shape index (κ2) is 17.9. The number of rotatable bonds is 17. The molecule has 1 atom stereocenters. The van der Waals surface area contributed by atoms with Gasteiger partial charge in [-0.2, -0.15) is 0 Å². The largest absolute Gasteiger partial charge is 0.375 e. The molecular weight excluding hydrogens is 398 g/mol. The van der Waals surface area contributed by atoms with Gasteiger partial charge in [0.05, 0.1) is 13.2 Å². The molecule has 0 heterocycles. The number of ketones is 1. The number of carbonyl (C=O) groups is 2. The molecule has 176 valence electrons. The summed E-state index contributed by atoms with van der Waals surface area (Å²) in [6, 6.07) is 0. The molecule has 0 aromatic carbocycles. The fraction of sp³-hybridized carbons (Fsp3) is 0.429. The Morgan fingerprint density at radius 1 is 1.06 bits per heavy atom. The molecule has 0 spiro atoms. The highest BCUT2D eigenvalue weighted by molar-refractivity contribution is 5.86. The lowest BCUT2D eigenvalue weighted by atomic mass is 9.91. The van der Waals surface area contributed by atoms with Gasteiger partial charge in [0.2, 0.25) is 5.91 Å². The third-order valence-electron chi connectivity index (χ3n) is 4.97. The van der Waals surface area contributed by atoms with Crippen LogP contribution in [0.2, 0.25) is 0 Å². The summed E-state index contributed by atoms with van der Waals surface area (Å²) in [6.07, 6.45) is 15.8. The average molecular weight is 440 g/mol. The Morgan fingerprint density at radius 3 is 2.31 bits per heavy atom. The summed E-state index contributed by atoms with van der Waals surface area (Å²) in [5, 5.41) is 2.91. The Bertz CT molecular complexity index is 766. The molecule has 0 saturated carbocycles. The van der Waals surface area contributed by atoms with Gasteiger partial charge in [-0.15, -0.1) is 6.58 Å². The second-order valence-corrected chi connectivity index (χ2v) is 7.63. The normalized spacial score (nSPS) is 13.7. The van der Waals surface area contributed by atoms with Gasteiger partial charge in [-0.25, -0.2) is 0 Å². The molecule has 0 aliphatic rings. The molecule has 0 unspecified atom stereocenters. The van der Waals surface area contributed by atoms with Crippen molar-refractivity contribution < 1.29 is 14.3 Å². The molecule has 0 rings (SSSR count). The molecule has 0 saturated heterocycles. The molecule has 4 nitrogen and oxygen atoms in total. The first-order valence-electron chi connectivity index (χ1n) is 11.2. The van der Waals surface area contributed by atoms with Crippen LogP contribution in [0.1, 0.15) is 53.4 Å². The van der Waals surface area contributed by atoms with E-state index in [9.17, 15) is 9.59 Å². The van der Waals surface area contributed by atoms with Crippen LogP contribution in [0.25, 0.3) is 0 Å². The Balaban J connectivity index is 5.04. The summed E-state index contributed by atoms with van der Waals surface area (Å²) < 4.78 is 5.63. The van der Waals surface area contributed by atoms with E-state index in [-0.39, 0.29) is 18.1 Å². The molecule has 32 heavy (non-hydrogen) atoms. The molecule has 0 aliphatic carbocycles. The van der Waals surface area contributed by atoms with Gasteiger partial charge >= 0.3 is 0 Å². The van der Waals surface area contributed by atoms with Crippen LogP contribution in [0, 0.1) is 5.92 Å². The van der Waals surface area contributed by atoms with E-state index in [1.165, 1.54) is 6.92 Å². The van der Waals surface area contributed by atoms with Gasteiger partial charge in [-0.05, 0) is 63.7 Å². The monoisotopic (exact) mass is 439 g/mol. The van der Waals surface area contributed by atoms with E-state index in [0.29, 0.717) is 26.2 Å². The minimum Gasteiger partial charge on any atom is -0.375 e. The average Bonchev–Trinajstić information content (AvgIpc) is 2.77. The van der Waals surface area contributed by atoms with Crippen molar-refractivity contribution in [1.82, 2.24) is 5.32 Å². The van der Waals surface area contributed by atoms with Crippen LogP contribution < -0.4 is 5.32 Å². The molecule has 1 amide bonds. The van der Waals surface area contributed by atoms with Crippen molar-refractivity contribution in [3.8, 4) is 0 Å². The Hall–Kier alpha value is -2.72. The Labute approximate surface area is 195 Å².